The Morgan fingerprint density at radius 1 is 1.10 bits per heavy atom. The number of carbonyl (C=O) groups is 2. The number of aliphatic carboxylic acids is 2. The fraction of sp³-hybridized carbons (Fsp3) is 0.583. The zero-order valence-corrected chi connectivity index (χ0v) is 22.2. The molecule has 16 heteroatoms. The van der Waals surface area contributed by atoms with Gasteiger partial charge in [-0.25, -0.2) is 19.6 Å². The fourth-order valence-electron chi connectivity index (χ4n) is 4.25. The van der Waals surface area contributed by atoms with Crippen molar-refractivity contribution in [2.75, 3.05) is 26.3 Å². The molecule has 2 N–H and O–H groups in total. The van der Waals surface area contributed by atoms with Crippen LogP contribution in [-0.2, 0) is 20.9 Å². The Balaban J connectivity index is 0.000000333. The summed E-state index contributed by atoms with van der Waals surface area (Å²) in [4.78, 5) is 30.3. The molecule has 2 fully saturated rings. The van der Waals surface area contributed by atoms with E-state index in [1.54, 1.807) is 17.5 Å². The summed E-state index contributed by atoms with van der Waals surface area (Å²) in [5, 5.41) is 14.2. The molecule has 0 aliphatic carbocycles. The highest BCUT2D eigenvalue weighted by Crippen LogP contribution is 2.42. The van der Waals surface area contributed by atoms with E-state index in [4.69, 9.17) is 29.3 Å². The predicted octanol–water partition coefficient (Wildman–Crippen LogP) is 4.95. The van der Waals surface area contributed by atoms with Crippen molar-refractivity contribution in [1.82, 2.24) is 14.9 Å². The SMILES string of the molecule is Cc1ncsc1CN1CCC2(CC1)OCCC2CCOc1ccccn1.O=C(O)C(F)(F)F.O=C(O)C(F)(F)F. The summed E-state index contributed by atoms with van der Waals surface area (Å²) in [6, 6.07) is 5.79. The van der Waals surface area contributed by atoms with Gasteiger partial charge >= 0.3 is 24.3 Å². The van der Waals surface area contributed by atoms with Crippen LogP contribution in [0.3, 0.4) is 0 Å². The first-order chi connectivity index (χ1) is 18.6. The molecule has 4 heterocycles. The van der Waals surface area contributed by atoms with Gasteiger partial charge in [0, 0.05) is 43.4 Å². The van der Waals surface area contributed by atoms with Gasteiger partial charge in [0.2, 0.25) is 5.88 Å². The van der Waals surface area contributed by atoms with Gasteiger partial charge in [0.1, 0.15) is 0 Å². The first-order valence-corrected chi connectivity index (χ1v) is 12.9. The van der Waals surface area contributed by atoms with E-state index in [1.165, 1.54) is 10.6 Å². The number of rotatable bonds is 6. The fourth-order valence-corrected chi connectivity index (χ4v) is 5.07. The molecule has 1 unspecified atom stereocenters. The van der Waals surface area contributed by atoms with Gasteiger partial charge in [0.25, 0.3) is 0 Å². The van der Waals surface area contributed by atoms with Crippen LogP contribution in [0.1, 0.15) is 36.3 Å². The minimum absolute atomic E-state index is 0.0622. The zero-order chi connectivity index (χ0) is 30.0. The quantitative estimate of drug-likeness (QED) is 0.443. The van der Waals surface area contributed by atoms with E-state index >= 15 is 0 Å². The lowest BCUT2D eigenvalue weighted by Gasteiger charge is -2.42. The van der Waals surface area contributed by atoms with Crippen molar-refractivity contribution < 1.29 is 55.6 Å². The molecular weight excluding hydrogens is 572 g/mol. The third-order valence-corrected chi connectivity index (χ3v) is 7.27. The van der Waals surface area contributed by atoms with Crippen molar-refractivity contribution in [3.63, 3.8) is 0 Å². The number of halogens is 6. The second-order valence-corrected chi connectivity index (χ2v) is 9.89. The summed E-state index contributed by atoms with van der Waals surface area (Å²) in [7, 11) is 0. The van der Waals surface area contributed by atoms with Gasteiger partial charge in [0.15, 0.2) is 0 Å². The smallest absolute Gasteiger partial charge is 0.478 e. The Morgan fingerprint density at radius 2 is 1.70 bits per heavy atom. The highest BCUT2D eigenvalue weighted by atomic mass is 32.1. The van der Waals surface area contributed by atoms with Crippen molar-refractivity contribution >= 4 is 23.3 Å². The molecule has 1 spiro atoms. The van der Waals surface area contributed by atoms with E-state index in [2.05, 4.69) is 21.8 Å². The van der Waals surface area contributed by atoms with Gasteiger partial charge in [-0.15, -0.1) is 11.3 Å². The Morgan fingerprint density at radius 3 is 2.17 bits per heavy atom. The number of hydrogen-bond acceptors (Lipinski definition) is 8. The van der Waals surface area contributed by atoms with Crippen LogP contribution in [0.2, 0.25) is 0 Å². The van der Waals surface area contributed by atoms with Crippen LogP contribution >= 0.6 is 11.3 Å². The van der Waals surface area contributed by atoms with E-state index in [1.807, 2.05) is 23.7 Å². The number of ether oxygens (including phenoxy) is 2. The summed E-state index contributed by atoms with van der Waals surface area (Å²) >= 11 is 1.77. The van der Waals surface area contributed by atoms with Crippen molar-refractivity contribution in [3.05, 3.63) is 40.5 Å². The van der Waals surface area contributed by atoms with Crippen LogP contribution in [0.5, 0.6) is 5.88 Å². The van der Waals surface area contributed by atoms with Gasteiger partial charge in [0.05, 0.1) is 23.4 Å². The average Bonchev–Trinajstić information content (AvgIpc) is 3.46. The standard InChI is InChI=1S/C20H27N3O2S.2C2HF3O2/c1-16-18(26-15-22-16)14-23-10-7-20(8-11-23)17(6-13-25-20)5-12-24-19-4-2-3-9-21-19;2*3-2(4,5)1(6)7/h2-4,9,15,17H,5-8,10-14H2,1H3;2*(H,6,7). The second-order valence-electron chi connectivity index (χ2n) is 8.95. The summed E-state index contributed by atoms with van der Waals surface area (Å²) in [5.41, 5.74) is 3.19. The highest BCUT2D eigenvalue weighted by Gasteiger charge is 2.46. The monoisotopic (exact) mass is 601 g/mol. The number of hydrogen-bond donors (Lipinski definition) is 2. The van der Waals surface area contributed by atoms with Crippen LogP contribution in [0.4, 0.5) is 26.3 Å². The van der Waals surface area contributed by atoms with E-state index in [9.17, 15) is 26.3 Å². The van der Waals surface area contributed by atoms with Gasteiger partial charge in [-0.3, -0.25) is 4.90 Å². The maximum Gasteiger partial charge on any atom is 0.490 e. The van der Waals surface area contributed by atoms with Crippen molar-refractivity contribution in [3.8, 4) is 5.88 Å². The van der Waals surface area contributed by atoms with Crippen LogP contribution in [0, 0.1) is 12.8 Å². The molecule has 0 aromatic carbocycles. The molecule has 0 saturated carbocycles. The number of piperidine rings is 1. The molecule has 4 rings (SSSR count). The number of alkyl halides is 6. The molecule has 40 heavy (non-hydrogen) atoms. The molecule has 2 aliphatic heterocycles. The predicted molar refractivity (Wildman–Crippen MR) is 130 cm³/mol. The van der Waals surface area contributed by atoms with Gasteiger partial charge < -0.3 is 19.7 Å². The van der Waals surface area contributed by atoms with Crippen LogP contribution in [0.25, 0.3) is 0 Å². The summed E-state index contributed by atoms with van der Waals surface area (Å²) in [6.07, 6.45) is -3.95. The van der Waals surface area contributed by atoms with E-state index in [0.29, 0.717) is 5.92 Å². The lowest BCUT2D eigenvalue weighted by molar-refractivity contribution is -0.193. The largest absolute Gasteiger partial charge is 0.490 e. The first-order valence-electron chi connectivity index (χ1n) is 12.0. The summed E-state index contributed by atoms with van der Waals surface area (Å²) in [6.45, 7) is 6.96. The highest BCUT2D eigenvalue weighted by molar-refractivity contribution is 7.09. The molecule has 224 valence electrons. The maximum atomic E-state index is 10.6. The molecule has 2 aromatic heterocycles. The number of nitrogens with zero attached hydrogens (tertiary/aromatic N) is 3. The van der Waals surface area contributed by atoms with E-state index < -0.39 is 24.3 Å². The Hall–Kier alpha value is -2.98. The number of pyridine rings is 1. The third-order valence-electron chi connectivity index (χ3n) is 6.35. The van der Waals surface area contributed by atoms with Crippen molar-refractivity contribution in [1.29, 1.82) is 0 Å². The molecular formula is C24H29F6N3O6S. The summed E-state index contributed by atoms with van der Waals surface area (Å²) in [5.74, 6) is -4.20. The van der Waals surface area contributed by atoms with Crippen molar-refractivity contribution in [2.45, 2.75) is 57.1 Å². The molecule has 9 nitrogen and oxygen atoms in total. The molecule has 2 aromatic rings. The number of carboxylic acid groups (broad SMARTS) is 2. The lowest BCUT2D eigenvalue weighted by Crippen LogP contribution is -2.47. The van der Waals surface area contributed by atoms with Crippen LogP contribution in [-0.4, -0.2) is 81.3 Å². The number of likely N-dealkylation sites (tertiary alicyclic amines) is 1. The van der Waals surface area contributed by atoms with Crippen molar-refractivity contribution in [2.24, 2.45) is 5.92 Å². The Bertz CT molecular complexity index is 1050. The number of thiazole rings is 1. The average molecular weight is 602 g/mol. The van der Waals surface area contributed by atoms with Gasteiger partial charge in [-0.1, -0.05) is 6.07 Å². The molecule has 1 atom stereocenters. The number of aryl methyl sites for hydroxylation is 1. The van der Waals surface area contributed by atoms with Gasteiger partial charge in [-0.2, -0.15) is 26.3 Å². The second kappa shape index (κ2) is 14.6. The third kappa shape index (κ3) is 10.5. The number of aromatic nitrogens is 2. The molecule has 0 amide bonds. The number of carboxylic acids is 2. The van der Waals surface area contributed by atoms with E-state index in [-0.39, 0.29) is 5.60 Å². The topological polar surface area (TPSA) is 122 Å². The lowest BCUT2D eigenvalue weighted by atomic mass is 9.78. The normalized spacial score (nSPS) is 18.7. The molecule has 0 bridgehead atoms. The maximum absolute atomic E-state index is 10.6. The first kappa shape index (κ1) is 33.2. The molecule has 0 radical (unpaired) electrons. The minimum Gasteiger partial charge on any atom is -0.478 e. The Labute approximate surface area is 229 Å². The molecule has 2 saturated heterocycles. The zero-order valence-electron chi connectivity index (χ0n) is 21.4. The Kier molecular flexibility index (Phi) is 12.1. The van der Waals surface area contributed by atoms with E-state index in [0.717, 1.165) is 64.4 Å². The van der Waals surface area contributed by atoms with Crippen LogP contribution in [0.15, 0.2) is 29.9 Å². The van der Waals surface area contributed by atoms with Gasteiger partial charge in [-0.05, 0) is 44.6 Å². The molecule has 2 aliphatic rings. The van der Waals surface area contributed by atoms with Crippen LogP contribution < -0.4 is 4.74 Å². The summed E-state index contributed by atoms with van der Waals surface area (Å²) < 4.78 is 75.6. The minimum atomic E-state index is -5.08.